The first-order valence-corrected chi connectivity index (χ1v) is 8.71. The van der Waals surface area contributed by atoms with Crippen LogP contribution in [0.4, 0.5) is 10.5 Å². The molecule has 1 heterocycles. The lowest BCUT2D eigenvalue weighted by molar-refractivity contribution is -0.385. The van der Waals surface area contributed by atoms with E-state index in [-0.39, 0.29) is 17.2 Å². The Morgan fingerprint density at radius 3 is 2.64 bits per heavy atom. The highest BCUT2D eigenvalue weighted by molar-refractivity contribution is 6.09. The van der Waals surface area contributed by atoms with Gasteiger partial charge in [-0.1, -0.05) is 12.1 Å². The lowest BCUT2D eigenvalue weighted by atomic mass is 9.96. The summed E-state index contributed by atoms with van der Waals surface area (Å²) in [5.74, 6) is -1.98. The van der Waals surface area contributed by atoms with Crippen molar-refractivity contribution in [3.05, 3.63) is 39.4 Å². The third-order valence-corrected chi connectivity index (χ3v) is 5.07. The van der Waals surface area contributed by atoms with Gasteiger partial charge in [0.05, 0.1) is 4.92 Å². The van der Waals surface area contributed by atoms with Crippen LogP contribution in [0.5, 0.6) is 0 Å². The van der Waals surface area contributed by atoms with Gasteiger partial charge in [-0.05, 0) is 32.6 Å². The van der Waals surface area contributed by atoms with Gasteiger partial charge >= 0.3 is 12.0 Å². The van der Waals surface area contributed by atoms with E-state index in [1.54, 1.807) is 13.8 Å². The first-order valence-electron chi connectivity index (χ1n) is 8.71. The maximum absolute atomic E-state index is 12.5. The molecule has 1 aromatic rings. The van der Waals surface area contributed by atoms with E-state index < -0.39 is 47.3 Å². The van der Waals surface area contributed by atoms with Gasteiger partial charge in [0.25, 0.3) is 11.6 Å². The second kappa shape index (κ2) is 7.02. The Bertz CT molecular complexity index is 893. The third-order valence-electron chi connectivity index (χ3n) is 5.07. The van der Waals surface area contributed by atoms with Gasteiger partial charge in [-0.2, -0.15) is 0 Å². The maximum atomic E-state index is 12.5. The molecule has 1 aliphatic heterocycles. The van der Waals surface area contributed by atoms with Crippen LogP contribution < -0.4 is 5.32 Å². The highest BCUT2D eigenvalue weighted by Gasteiger charge is 2.56. The summed E-state index contributed by atoms with van der Waals surface area (Å²) in [4.78, 5) is 59.7. The van der Waals surface area contributed by atoms with Crippen LogP contribution in [-0.2, 0) is 14.3 Å². The van der Waals surface area contributed by atoms with Crippen LogP contribution in [0.2, 0.25) is 0 Å². The summed E-state index contributed by atoms with van der Waals surface area (Å²) in [7, 11) is 0. The van der Waals surface area contributed by atoms with Gasteiger partial charge in [-0.3, -0.25) is 29.4 Å². The van der Waals surface area contributed by atoms with Crippen molar-refractivity contribution >= 4 is 29.4 Å². The summed E-state index contributed by atoms with van der Waals surface area (Å²) in [5, 5.41) is 13.6. The Labute approximate surface area is 160 Å². The second-order valence-corrected chi connectivity index (χ2v) is 7.14. The number of amides is 3. The normalized spacial score (nSPS) is 21.4. The number of hydrogen-bond acceptors (Lipinski definition) is 7. The second-order valence-electron chi connectivity index (χ2n) is 7.14. The van der Waals surface area contributed by atoms with Crippen LogP contribution in [0.1, 0.15) is 35.7 Å². The van der Waals surface area contributed by atoms with E-state index in [4.69, 9.17) is 4.74 Å². The Kier molecular flexibility index (Phi) is 4.88. The molecular weight excluding hydrogens is 370 g/mol. The number of nitrogens with one attached hydrogen (secondary N) is 1. The number of imide groups is 1. The van der Waals surface area contributed by atoms with Crippen LogP contribution in [0.3, 0.4) is 0 Å². The number of aryl methyl sites for hydroxylation is 1. The molecule has 1 saturated heterocycles. The van der Waals surface area contributed by atoms with Gasteiger partial charge in [0.15, 0.2) is 6.61 Å². The van der Waals surface area contributed by atoms with Crippen LogP contribution in [0, 0.1) is 23.0 Å². The van der Waals surface area contributed by atoms with Gasteiger partial charge in [-0.25, -0.2) is 4.79 Å². The molecule has 1 aliphatic carbocycles. The number of nitro groups is 1. The molecule has 0 bridgehead atoms. The Morgan fingerprint density at radius 1 is 1.36 bits per heavy atom. The van der Waals surface area contributed by atoms with Crippen LogP contribution in [0.15, 0.2) is 18.2 Å². The Balaban J connectivity index is 1.58. The van der Waals surface area contributed by atoms with Crippen molar-refractivity contribution in [3.8, 4) is 0 Å². The molecule has 0 aromatic heterocycles. The molecule has 3 amide bonds. The van der Waals surface area contributed by atoms with Crippen molar-refractivity contribution in [2.75, 3.05) is 13.2 Å². The van der Waals surface area contributed by atoms with Crippen LogP contribution in [-0.4, -0.2) is 52.2 Å². The number of benzene rings is 1. The molecule has 3 rings (SSSR count). The van der Waals surface area contributed by atoms with Gasteiger partial charge in [0.2, 0.25) is 5.78 Å². The minimum Gasteiger partial charge on any atom is -0.456 e. The summed E-state index contributed by atoms with van der Waals surface area (Å²) in [5.41, 5.74) is -0.790. The van der Waals surface area contributed by atoms with E-state index >= 15 is 0 Å². The SMILES string of the molecule is Cc1ccc(C(=O)COC(=O)CN2C(=O)N[C@@](C)(C3CC3)C2=O)cc1[N+](=O)[O-]. The molecule has 1 N–H and O–H groups in total. The highest BCUT2D eigenvalue weighted by Crippen LogP contribution is 2.42. The van der Waals surface area contributed by atoms with Crippen molar-refractivity contribution < 1.29 is 28.8 Å². The maximum Gasteiger partial charge on any atom is 0.326 e. The summed E-state index contributed by atoms with van der Waals surface area (Å²) >= 11 is 0. The standard InChI is InChI=1S/C18H19N3O7/c1-10-3-4-11(7-13(10)21(26)27)14(22)9-28-15(23)8-20-16(24)18(2,12-5-6-12)19-17(20)25/h3-4,7,12H,5-6,8-9H2,1-2H3,(H,19,25)/t18-/m0/s1. The monoisotopic (exact) mass is 389 g/mol. The average molecular weight is 389 g/mol. The molecule has 1 aromatic carbocycles. The van der Waals surface area contributed by atoms with Gasteiger partial charge < -0.3 is 10.1 Å². The van der Waals surface area contributed by atoms with Crippen molar-refractivity contribution in [1.82, 2.24) is 10.2 Å². The van der Waals surface area contributed by atoms with Crippen molar-refractivity contribution in [1.29, 1.82) is 0 Å². The van der Waals surface area contributed by atoms with E-state index in [1.165, 1.54) is 12.1 Å². The fourth-order valence-corrected chi connectivity index (χ4v) is 3.18. The van der Waals surface area contributed by atoms with Crippen molar-refractivity contribution in [2.45, 2.75) is 32.2 Å². The Morgan fingerprint density at radius 2 is 2.04 bits per heavy atom. The largest absolute Gasteiger partial charge is 0.456 e. The number of rotatable bonds is 7. The minimum absolute atomic E-state index is 0.0291. The summed E-state index contributed by atoms with van der Waals surface area (Å²) in [6.45, 7) is 1.92. The number of nitrogens with zero attached hydrogens (tertiary/aromatic N) is 2. The van der Waals surface area contributed by atoms with E-state index in [2.05, 4.69) is 5.32 Å². The first-order chi connectivity index (χ1) is 13.1. The number of carbonyl (C=O) groups excluding carboxylic acids is 4. The molecule has 0 spiro atoms. The van der Waals surface area contributed by atoms with Crippen LogP contribution >= 0.6 is 0 Å². The number of ketones is 1. The zero-order chi connectivity index (χ0) is 20.6. The number of esters is 1. The quantitative estimate of drug-likeness (QED) is 0.244. The fourth-order valence-electron chi connectivity index (χ4n) is 3.18. The third kappa shape index (κ3) is 3.57. The van der Waals surface area contributed by atoms with Gasteiger partial charge in [0.1, 0.15) is 12.1 Å². The smallest absolute Gasteiger partial charge is 0.326 e. The molecule has 0 unspecified atom stereocenters. The molecule has 1 saturated carbocycles. The van der Waals surface area contributed by atoms with E-state index in [9.17, 15) is 29.3 Å². The zero-order valence-electron chi connectivity index (χ0n) is 15.4. The number of urea groups is 1. The van der Waals surface area contributed by atoms with Crippen molar-refractivity contribution in [3.63, 3.8) is 0 Å². The minimum atomic E-state index is -1.01. The number of Topliss-reactive ketones (excluding diaryl/α,β-unsaturated/α-hetero) is 1. The first kappa shape index (κ1) is 19.5. The van der Waals surface area contributed by atoms with Crippen LogP contribution in [0.25, 0.3) is 0 Å². The predicted molar refractivity (Wildman–Crippen MR) is 94.5 cm³/mol. The number of ether oxygens (including phenoxy) is 1. The molecule has 2 aliphatic rings. The zero-order valence-corrected chi connectivity index (χ0v) is 15.4. The van der Waals surface area contributed by atoms with Gasteiger partial charge in [-0.15, -0.1) is 0 Å². The number of hydrogen-bond donors (Lipinski definition) is 1. The highest BCUT2D eigenvalue weighted by atomic mass is 16.6. The molecule has 10 heteroatoms. The summed E-state index contributed by atoms with van der Waals surface area (Å²) in [6.07, 6.45) is 1.66. The lowest BCUT2D eigenvalue weighted by Gasteiger charge is -2.20. The fraction of sp³-hybridized carbons (Fsp3) is 0.444. The summed E-state index contributed by atoms with van der Waals surface area (Å²) in [6, 6.07) is 3.28. The van der Waals surface area contributed by atoms with E-state index in [1.807, 2.05) is 0 Å². The van der Waals surface area contributed by atoms with E-state index in [0.717, 1.165) is 23.8 Å². The summed E-state index contributed by atoms with van der Waals surface area (Å²) < 4.78 is 4.86. The number of nitro benzene ring substituents is 1. The van der Waals surface area contributed by atoms with Gasteiger partial charge in [0, 0.05) is 17.2 Å². The Hall–Kier alpha value is -3.30. The molecule has 28 heavy (non-hydrogen) atoms. The molecule has 10 nitrogen and oxygen atoms in total. The molecule has 148 valence electrons. The predicted octanol–water partition coefficient (Wildman–Crippen LogP) is 1.35. The number of carbonyl (C=O) groups is 4. The molecule has 2 fully saturated rings. The molecule has 1 atom stereocenters. The molecular formula is C18H19N3O7. The van der Waals surface area contributed by atoms with Crippen molar-refractivity contribution in [2.24, 2.45) is 5.92 Å². The average Bonchev–Trinajstić information content (AvgIpc) is 3.46. The van der Waals surface area contributed by atoms with E-state index in [0.29, 0.717) is 5.56 Å². The lowest BCUT2D eigenvalue weighted by Crippen LogP contribution is -2.46. The molecule has 0 radical (unpaired) electrons. The topological polar surface area (TPSA) is 136 Å².